The number of aryl methyl sites for hydroxylation is 1. The number of hydrogen-bond donors (Lipinski definition) is 1. The van der Waals surface area contributed by atoms with Crippen molar-refractivity contribution in [2.45, 2.75) is 6.92 Å². The van der Waals surface area contributed by atoms with Crippen LogP contribution in [0.3, 0.4) is 0 Å². The van der Waals surface area contributed by atoms with Gasteiger partial charge >= 0.3 is 11.9 Å². The first-order valence-corrected chi connectivity index (χ1v) is 9.72. The summed E-state index contributed by atoms with van der Waals surface area (Å²) in [7, 11) is 2.45. The molecule has 0 saturated heterocycles. The van der Waals surface area contributed by atoms with Crippen molar-refractivity contribution in [3.05, 3.63) is 83.2 Å². The Hall–Kier alpha value is -4.33. The number of methoxy groups -OCH3 is 2. The standard InChI is InChI=1S/C24H20N2O6/c1-14-7-9-20-18(12-14)25-22(27)17-13-15(8-10-19(17)32-20)26-11-5-4-6-16(23(28)30-2)21(26)24(29)31-3/h4-13H,1-3H3,(H,25,27). The van der Waals surface area contributed by atoms with Crippen LogP contribution in [0.15, 0.2) is 72.1 Å². The molecule has 2 aromatic carbocycles. The first-order valence-electron chi connectivity index (χ1n) is 9.72. The van der Waals surface area contributed by atoms with Crippen LogP contribution < -0.4 is 15.0 Å². The van der Waals surface area contributed by atoms with E-state index in [1.807, 2.05) is 19.1 Å². The fourth-order valence-electron chi connectivity index (χ4n) is 3.44. The zero-order valence-electron chi connectivity index (χ0n) is 17.7. The number of fused-ring (bicyclic) bond motifs is 2. The molecule has 0 radical (unpaired) electrons. The van der Waals surface area contributed by atoms with E-state index in [4.69, 9.17) is 14.2 Å². The highest BCUT2D eigenvalue weighted by Gasteiger charge is 2.29. The SMILES string of the molecule is COC(=O)C1=C(C(=O)OC)N(c2ccc3c(c2)C(=O)Nc2cc(C)ccc2O3)C=CC=C1. The van der Waals surface area contributed by atoms with E-state index in [1.54, 1.807) is 42.6 Å². The highest BCUT2D eigenvalue weighted by atomic mass is 16.5. The molecule has 2 heterocycles. The van der Waals surface area contributed by atoms with E-state index in [9.17, 15) is 14.4 Å². The molecule has 8 heteroatoms. The van der Waals surface area contributed by atoms with Gasteiger partial charge in [0.2, 0.25) is 0 Å². The summed E-state index contributed by atoms with van der Waals surface area (Å²) in [5, 5.41) is 2.85. The van der Waals surface area contributed by atoms with Crippen molar-refractivity contribution in [2.75, 3.05) is 24.4 Å². The third-order valence-corrected chi connectivity index (χ3v) is 4.98. The van der Waals surface area contributed by atoms with Gasteiger partial charge in [-0.25, -0.2) is 9.59 Å². The van der Waals surface area contributed by atoms with Gasteiger partial charge in [-0.3, -0.25) is 4.79 Å². The van der Waals surface area contributed by atoms with Crippen molar-refractivity contribution >= 4 is 29.2 Å². The van der Waals surface area contributed by atoms with E-state index in [1.165, 1.54) is 25.2 Å². The Balaban J connectivity index is 1.82. The second kappa shape index (κ2) is 8.43. The number of hydrogen-bond acceptors (Lipinski definition) is 7. The Morgan fingerprint density at radius 3 is 2.47 bits per heavy atom. The van der Waals surface area contributed by atoms with Crippen LogP contribution in [0.25, 0.3) is 0 Å². The topological polar surface area (TPSA) is 94.2 Å². The molecule has 0 spiro atoms. The Bertz CT molecular complexity index is 1220. The van der Waals surface area contributed by atoms with Crippen LogP contribution >= 0.6 is 0 Å². The highest BCUT2D eigenvalue weighted by Crippen LogP contribution is 2.38. The second-order valence-corrected chi connectivity index (χ2v) is 7.05. The molecular formula is C24H20N2O6. The van der Waals surface area contributed by atoms with Gasteiger partial charge in [-0.2, -0.15) is 0 Å². The van der Waals surface area contributed by atoms with Gasteiger partial charge in [0.15, 0.2) is 5.75 Å². The Kier molecular flexibility index (Phi) is 5.51. The monoisotopic (exact) mass is 432 g/mol. The molecule has 0 aromatic heterocycles. The number of nitrogens with zero attached hydrogens (tertiary/aromatic N) is 1. The number of amides is 1. The summed E-state index contributed by atoms with van der Waals surface area (Å²) >= 11 is 0. The summed E-state index contributed by atoms with van der Waals surface area (Å²) in [5.74, 6) is -0.906. The van der Waals surface area contributed by atoms with E-state index in [-0.39, 0.29) is 22.7 Å². The minimum atomic E-state index is -0.736. The fraction of sp³-hybridized carbons (Fsp3) is 0.125. The molecule has 0 unspecified atom stereocenters. The van der Waals surface area contributed by atoms with Crippen molar-refractivity contribution in [1.82, 2.24) is 0 Å². The number of carbonyl (C=O) groups excluding carboxylic acids is 3. The maximum absolute atomic E-state index is 13.0. The molecule has 0 atom stereocenters. The van der Waals surface area contributed by atoms with Crippen LogP contribution in [0.1, 0.15) is 15.9 Å². The maximum Gasteiger partial charge on any atom is 0.355 e. The number of ether oxygens (including phenoxy) is 3. The van der Waals surface area contributed by atoms with Crippen LogP contribution in [-0.2, 0) is 19.1 Å². The highest BCUT2D eigenvalue weighted by molar-refractivity contribution is 6.09. The molecule has 2 aliphatic heterocycles. The van der Waals surface area contributed by atoms with E-state index in [0.717, 1.165) is 5.56 Å². The second-order valence-electron chi connectivity index (χ2n) is 7.05. The number of allylic oxidation sites excluding steroid dienone is 2. The van der Waals surface area contributed by atoms with Gasteiger partial charge in [-0.1, -0.05) is 12.1 Å². The van der Waals surface area contributed by atoms with Crippen molar-refractivity contribution in [3.63, 3.8) is 0 Å². The van der Waals surface area contributed by atoms with Crippen molar-refractivity contribution in [1.29, 1.82) is 0 Å². The Labute approximate surface area is 184 Å². The molecule has 1 N–H and O–H groups in total. The molecule has 4 rings (SSSR count). The summed E-state index contributed by atoms with van der Waals surface area (Å²) in [6.45, 7) is 1.92. The summed E-state index contributed by atoms with van der Waals surface area (Å²) in [6.07, 6.45) is 6.31. The van der Waals surface area contributed by atoms with Crippen LogP contribution in [0, 0.1) is 6.92 Å². The van der Waals surface area contributed by atoms with E-state index >= 15 is 0 Å². The lowest BCUT2D eigenvalue weighted by Crippen LogP contribution is -2.27. The normalized spacial score (nSPS) is 14.5. The number of anilines is 2. The third kappa shape index (κ3) is 3.74. The van der Waals surface area contributed by atoms with Gasteiger partial charge < -0.3 is 24.4 Å². The average molecular weight is 432 g/mol. The van der Waals surface area contributed by atoms with Gasteiger partial charge in [0, 0.05) is 11.9 Å². The number of benzene rings is 2. The average Bonchev–Trinajstić information content (AvgIpc) is 3.10. The first kappa shape index (κ1) is 20.9. The van der Waals surface area contributed by atoms with Crippen LogP contribution in [0.4, 0.5) is 11.4 Å². The molecule has 8 nitrogen and oxygen atoms in total. The first-order chi connectivity index (χ1) is 15.4. The lowest BCUT2D eigenvalue weighted by Gasteiger charge is -2.23. The maximum atomic E-state index is 13.0. The van der Waals surface area contributed by atoms with Crippen molar-refractivity contribution in [3.8, 4) is 11.5 Å². The summed E-state index contributed by atoms with van der Waals surface area (Å²) in [6, 6.07) is 10.4. The minimum absolute atomic E-state index is 0.0166. The molecule has 2 aliphatic rings. The third-order valence-electron chi connectivity index (χ3n) is 4.98. The number of carbonyl (C=O) groups is 3. The molecule has 162 valence electrons. The molecule has 0 saturated carbocycles. The summed E-state index contributed by atoms with van der Waals surface area (Å²) in [5.41, 5.74) is 2.23. The number of esters is 2. The van der Waals surface area contributed by atoms with E-state index in [2.05, 4.69) is 5.32 Å². The fourth-order valence-corrected chi connectivity index (χ4v) is 3.44. The lowest BCUT2D eigenvalue weighted by atomic mass is 10.1. The molecule has 0 aliphatic carbocycles. The molecule has 2 aromatic rings. The van der Waals surface area contributed by atoms with Crippen LogP contribution in [0.2, 0.25) is 0 Å². The van der Waals surface area contributed by atoms with E-state index in [0.29, 0.717) is 22.9 Å². The van der Waals surface area contributed by atoms with E-state index < -0.39 is 11.9 Å². The van der Waals surface area contributed by atoms with Crippen molar-refractivity contribution < 1.29 is 28.6 Å². The Morgan fingerprint density at radius 1 is 0.969 bits per heavy atom. The molecule has 1 amide bonds. The molecule has 0 fully saturated rings. The van der Waals surface area contributed by atoms with Gasteiger partial charge in [-0.15, -0.1) is 0 Å². The van der Waals surface area contributed by atoms with Gasteiger partial charge in [-0.05, 0) is 55.0 Å². The molecule has 0 bridgehead atoms. The molecule has 32 heavy (non-hydrogen) atoms. The van der Waals surface area contributed by atoms with Crippen LogP contribution in [-0.4, -0.2) is 32.1 Å². The van der Waals surface area contributed by atoms with Gasteiger partial charge in [0.05, 0.1) is 31.0 Å². The number of rotatable bonds is 3. The Morgan fingerprint density at radius 2 is 1.72 bits per heavy atom. The summed E-state index contributed by atoms with van der Waals surface area (Å²) in [4.78, 5) is 39.4. The van der Waals surface area contributed by atoms with Gasteiger partial charge in [0.25, 0.3) is 5.91 Å². The quantitative estimate of drug-likeness (QED) is 0.737. The number of nitrogens with one attached hydrogen (secondary N) is 1. The largest absolute Gasteiger partial charge is 0.465 e. The van der Waals surface area contributed by atoms with Crippen molar-refractivity contribution in [2.24, 2.45) is 0 Å². The zero-order valence-corrected chi connectivity index (χ0v) is 17.7. The predicted octanol–water partition coefficient (Wildman–Crippen LogP) is 3.84. The van der Waals surface area contributed by atoms with Gasteiger partial charge in [0.1, 0.15) is 11.4 Å². The smallest absolute Gasteiger partial charge is 0.355 e. The predicted molar refractivity (Wildman–Crippen MR) is 117 cm³/mol. The summed E-state index contributed by atoms with van der Waals surface area (Å²) < 4.78 is 15.7. The minimum Gasteiger partial charge on any atom is -0.465 e. The van der Waals surface area contributed by atoms with Crippen LogP contribution in [0.5, 0.6) is 11.5 Å². The molecular weight excluding hydrogens is 412 g/mol. The lowest BCUT2D eigenvalue weighted by molar-refractivity contribution is -0.139. The zero-order chi connectivity index (χ0) is 22.8.